The van der Waals surface area contributed by atoms with Crippen molar-refractivity contribution in [1.82, 2.24) is 9.88 Å². The second-order valence-electron chi connectivity index (χ2n) is 6.51. The molecule has 1 saturated carbocycles. The number of piperidine rings is 1. The number of hydrogen-bond acceptors (Lipinski definition) is 3. The zero-order chi connectivity index (χ0) is 14.1. The van der Waals surface area contributed by atoms with E-state index in [1.54, 1.807) is 0 Å². The molecule has 2 fully saturated rings. The molecule has 2 aliphatic rings. The number of fused-ring (bicyclic) bond motifs is 2. The summed E-state index contributed by atoms with van der Waals surface area (Å²) in [6, 6.07) is 5.41. The minimum atomic E-state index is 0.610. The van der Waals surface area contributed by atoms with Gasteiger partial charge in [-0.3, -0.25) is 0 Å². The Kier molecular flexibility index (Phi) is 4.32. The van der Waals surface area contributed by atoms with E-state index in [0.717, 1.165) is 22.1 Å². The molecular formula is C16H24BrN3. The highest BCUT2D eigenvalue weighted by molar-refractivity contribution is 9.10. The van der Waals surface area contributed by atoms with Gasteiger partial charge in [0.1, 0.15) is 4.60 Å². The topological polar surface area (TPSA) is 28.2 Å². The van der Waals surface area contributed by atoms with Crippen LogP contribution in [0.4, 0.5) is 5.69 Å². The first-order valence-electron chi connectivity index (χ1n) is 7.76. The third-order valence-electron chi connectivity index (χ3n) is 4.92. The van der Waals surface area contributed by atoms with Crippen LogP contribution in [-0.2, 0) is 0 Å². The summed E-state index contributed by atoms with van der Waals surface area (Å²) in [5.41, 5.74) is 1.15. The third-order valence-corrected chi connectivity index (χ3v) is 5.55. The zero-order valence-electron chi connectivity index (χ0n) is 12.3. The van der Waals surface area contributed by atoms with Gasteiger partial charge in [0.05, 0.1) is 5.69 Å². The van der Waals surface area contributed by atoms with Gasteiger partial charge in [0, 0.05) is 31.4 Å². The van der Waals surface area contributed by atoms with Gasteiger partial charge in [0.25, 0.3) is 0 Å². The van der Waals surface area contributed by atoms with Crippen molar-refractivity contribution in [3.8, 4) is 0 Å². The Hall–Kier alpha value is -0.610. The highest BCUT2D eigenvalue weighted by Gasteiger charge is 2.40. The quantitative estimate of drug-likeness (QED) is 0.851. The Balaban J connectivity index is 1.75. The fourth-order valence-electron chi connectivity index (χ4n) is 3.80. The summed E-state index contributed by atoms with van der Waals surface area (Å²) in [6.07, 6.45) is 5.94. The lowest BCUT2D eigenvalue weighted by molar-refractivity contribution is 0.0518. The Labute approximate surface area is 130 Å². The lowest BCUT2D eigenvalue weighted by atomic mass is 9.73. The van der Waals surface area contributed by atoms with Crippen molar-refractivity contribution in [3.63, 3.8) is 0 Å². The smallest absolute Gasteiger partial charge is 0.129 e. The van der Waals surface area contributed by atoms with Gasteiger partial charge < -0.3 is 10.2 Å². The van der Waals surface area contributed by atoms with Crippen LogP contribution in [0.25, 0.3) is 0 Å². The van der Waals surface area contributed by atoms with Crippen molar-refractivity contribution in [2.24, 2.45) is 11.8 Å². The van der Waals surface area contributed by atoms with Crippen LogP contribution in [0.5, 0.6) is 0 Å². The molecule has 3 rings (SSSR count). The van der Waals surface area contributed by atoms with Gasteiger partial charge in [-0.1, -0.05) is 6.42 Å². The van der Waals surface area contributed by atoms with Crippen LogP contribution in [0.3, 0.4) is 0 Å². The van der Waals surface area contributed by atoms with Gasteiger partial charge >= 0.3 is 0 Å². The fourth-order valence-corrected chi connectivity index (χ4v) is 4.17. The number of halogens is 1. The minimum Gasteiger partial charge on any atom is -0.379 e. The lowest BCUT2D eigenvalue weighted by Gasteiger charge is -2.49. The van der Waals surface area contributed by atoms with Gasteiger partial charge in [-0.05, 0) is 66.6 Å². The summed E-state index contributed by atoms with van der Waals surface area (Å²) in [5, 5.41) is 3.77. The summed E-state index contributed by atoms with van der Waals surface area (Å²) in [6.45, 7) is 7.12. The van der Waals surface area contributed by atoms with Crippen molar-refractivity contribution in [2.45, 2.75) is 45.2 Å². The molecule has 2 heterocycles. The van der Waals surface area contributed by atoms with E-state index >= 15 is 0 Å². The van der Waals surface area contributed by atoms with E-state index in [4.69, 9.17) is 0 Å². The third kappa shape index (κ3) is 2.86. The van der Waals surface area contributed by atoms with Crippen molar-refractivity contribution >= 4 is 21.6 Å². The molecular weight excluding hydrogens is 314 g/mol. The van der Waals surface area contributed by atoms with E-state index in [0.29, 0.717) is 12.1 Å². The van der Waals surface area contributed by atoms with Crippen LogP contribution in [0.1, 0.15) is 33.1 Å². The summed E-state index contributed by atoms with van der Waals surface area (Å²) >= 11 is 3.55. The molecule has 1 aromatic rings. The van der Waals surface area contributed by atoms with Gasteiger partial charge in [-0.25, -0.2) is 4.98 Å². The van der Waals surface area contributed by atoms with E-state index in [2.05, 4.69) is 51.0 Å². The van der Waals surface area contributed by atoms with Crippen LogP contribution >= 0.6 is 15.9 Å². The van der Waals surface area contributed by atoms with Crippen molar-refractivity contribution in [2.75, 3.05) is 18.4 Å². The highest BCUT2D eigenvalue weighted by atomic mass is 79.9. The predicted molar refractivity (Wildman–Crippen MR) is 86.9 cm³/mol. The molecule has 1 aromatic heterocycles. The van der Waals surface area contributed by atoms with Crippen LogP contribution in [-0.4, -0.2) is 35.1 Å². The van der Waals surface area contributed by atoms with E-state index in [-0.39, 0.29) is 0 Å². The summed E-state index contributed by atoms with van der Waals surface area (Å²) in [5.74, 6) is 1.55. The molecule has 110 valence electrons. The van der Waals surface area contributed by atoms with Gasteiger partial charge in [-0.15, -0.1) is 0 Å². The first-order chi connectivity index (χ1) is 9.65. The molecule has 1 aliphatic carbocycles. The molecule has 1 aliphatic heterocycles. The van der Waals surface area contributed by atoms with E-state index < -0.39 is 0 Å². The van der Waals surface area contributed by atoms with Gasteiger partial charge in [-0.2, -0.15) is 0 Å². The maximum Gasteiger partial charge on any atom is 0.129 e. The van der Waals surface area contributed by atoms with Crippen molar-refractivity contribution in [3.05, 3.63) is 22.9 Å². The fraction of sp³-hybridized carbons (Fsp3) is 0.688. The van der Waals surface area contributed by atoms with Gasteiger partial charge in [0.15, 0.2) is 0 Å². The Bertz CT molecular complexity index is 449. The summed E-state index contributed by atoms with van der Waals surface area (Å²) < 4.78 is 0.935. The number of hydrogen-bond donors (Lipinski definition) is 1. The molecule has 2 atom stereocenters. The first kappa shape index (κ1) is 14.3. The molecule has 0 aromatic carbocycles. The van der Waals surface area contributed by atoms with Crippen LogP contribution < -0.4 is 5.32 Å². The van der Waals surface area contributed by atoms with E-state index in [1.165, 1.54) is 32.4 Å². The summed E-state index contributed by atoms with van der Waals surface area (Å²) in [7, 11) is 0. The van der Waals surface area contributed by atoms with Crippen molar-refractivity contribution in [1.29, 1.82) is 0 Å². The molecule has 1 N–H and O–H groups in total. The molecule has 4 heteroatoms. The normalized spacial score (nSPS) is 30.5. The molecule has 1 saturated heterocycles. The van der Waals surface area contributed by atoms with E-state index in [1.807, 2.05) is 12.3 Å². The van der Waals surface area contributed by atoms with Gasteiger partial charge in [0.2, 0.25) is 0 Å². The van der Waals surface area contributed by atoms with Crippen molar-refractivity contribution < 1.29 is 0 Å². The standard InChI is InChI=1S/C16H24BrN3/c1-11(2)20-9-12-5-3-6-13(10-20)15(12)19-14-7-4-8-18-16(14)17/h4,7-8,11-13,15,19H,3,5-6,9-10H2,1-2H3. The summed E-state index contributed by atoms with van der Waals surface area (Å²) in [4.78, 5) is 6.98. The van der Waals surface area contributed by atoms with Crippen LogP contribution in [0, 0.1) is 11.8 Å². The zero-order valence-corrected chi connectivity index (χ0v) is 13.9. The molecule has 3 nitrogen and oxygen atoms in total. The average Bonchev–Trinajstić information content (AvgIpc) is 2.40. The largest absolute Gasteiger partial charge is 0.379 e. The number of rotatable bonds is 3. The highest BCUT2D eigenvalue weighted by Crippen LogP contribution is 2.38. The molecule has 2 unspecified atom stereocenters. The maximum absolute atomic E-state index is 4.33. The average molecular weight is 338 g/mol. The molecule has 2 bridgehead atoms. The molecule has 0 radical (unpaired) electrons. The number of aromatic nitrogens is 1. The first-order valence-corrected chi connectivity index (χ1v) is 8.55. The molecule has 0 amide bonds. The van der Waals surface area contributed by atoms with Crippen LogP contribution in [0.2, 0.25) is 0 Å². The van der Waals surface area contributed by atoms with E-state index in [9.17, 15) is 0 Å². The number of anilines is 1. The lowest BCUT2D eigenvalue weighted by Crippen LogP contribution is -2.56. The number of nitrogens with one attached hydrogen (secondary N) is 1. The van der Waals surface area contributed by atoms with Crippen LogP contribution in [0.15, 0.2) is 22.9 Å². The Morgan fingerprint density at radius 3 is 2.60 bits per heavy atom. The molecule has 0 spiro atoms. The maximum atomic E-state index is 4.33. The number of pyridine rings is 1. The molecule has 20 heavy (non-hydrogen) atoms. The predicted octanol–water partition coefficient (Wildman–Crippen LogP) is 3.76. The Morgan fingerprint density at radius 1 is 1.30 bits per heavy atom. The number of likely N-dealkylation sites (tertiary alicyclic amines) is 1. The monoisotopic (exact) mass is 337 g/mol. The minimum absolute atomic E-state index is 0.610. The SMILES string of the molecule is CC(C)N1CC2CCCC(C1)C2Nc1cccnc1Br. The second kappa shape index (κ2) is 6.02. The number of nitrogens with zero attached hydrogens (tertiary/aromatic N) is 2. The second-order valence-corrected chi connectivity index (χ2v) is 7.26. The Morgan fingerprint density at radius 2 is 2.00 bits per heavy atom.